The molecule has 2 amide bonds. The van der Waals surface area contributed by atoms with Crippen molar-refractivity contribution < 1.29 is 24.3 Å². The molecule has 4 aliphatic rings. The number of aromatic hydroxyl groups is 1. The Hall–Kier alpha value is -5.42. The first-order valence-corrected chi connectivity index (χ1v) is 23.3. The molecule has 5 aromatic rings. The Labute approximate surface area is 372 Å². The highest BCUT2D eigenvalue weighted by Gasteiger charge is 2.44. The second-order valence-corrected chi connectivity index (χ2v) is 18.8. The van der Waals surface area contributed by atoms with Crippen molar-refractivity contribution in [2.45, 2.75) is 89.6 Å². The number of β-amino-alcohol motifs (C(OH)–C–C–N with tert-alkyl or cyclic N) is 1. The lowest BCUT2D eigenvalue weighted by Gasteiger charge is -2.49. The minimum Gasteiger partial charge on any atom is -0.507 e. The van der Waals surface area contributed by atoms with E-state index in [0.29, 0.717) is 35.5 Å². The van der Waals surface area contributed by atoms with Gasteiger partial charge in [-0.05, 0) is 75.0 Å². The van der Waals surface area contributed by atoms with E-state index in [0.717, 1.165) is 97.6 Å². The van der Waals surface area contributed by atoms with E-state index in [-0.39, 0.29) is 42.5 Å². The molecule has 3 fully saturated rings. The standard InChI is InChI=1S/C47H58N10O5S/c1-28(2)43(47(61)57-26-36(58)22-40(57)46(60)50-29(3)31-9-11-32(12-10-31)44-30(4)49-27-63-44)42-21-33(53-62-42)13-16-54-17-14-34(15-18-54)55-19-20-56-35(25-55)24-48-45-39(56)23-38(51-52-45)37-7-5-6-8-41(37)59/h5-12,21,23,27-29,34-36,40,43,58-59H,13-20,22,24-26H2,1-4H3,(H,48,52)(H,50,60)/t29-,35-,36+,40-,43+/m0/s1. The Morgan fingerprint density at radius 3 is 2.52 bits per heavy atom. The van der Waals surface area contributed by atoms with E-state index in [4.69, 9.17) is 4.52 Å². The second kappa shape index (κ2) is 18.4. The highest BCUT2D eigenvalue weighted by molar-refractivity contribution is 7.13. The molecular weight excluding hydrogens is 817 g/mol. The number of benzene rings is 2. The van der Waals surface area contributed by atoms with Crippen molar-refractivity contribution in [3.05, 3.63) is 88.9 Å². The normalized spacial score (nSPS) is 21.8. The number of nitrogens with one attached hydrogen (secondary N) is 2. The molecule has 5 atom stereocenters. The number of carbonyl (C=O) groups excluding carboxylic acids is 2. The number of para-hydroxylation sites is 1. The van der Waals surface area contributed by atoms with E-state index >= 15 is 0 Å². The number of fused-ring (bicyclic) bond motifs is 3. The van der Waals surface area contributed by atoms with Crippen LogP contribution in [0.1, 0.15) is 74.7 Å². The van der Waals surface area contributed by atoms with Crippen molar-refractivity contribution in [1.82, 2.24) is 40.4 Å². The fourth-order valence-electron chi connectivity index (χ4n) is 9.95. The summed E-state index contributed by atoms with van der Waals surface area (Å²) in [7, 11) is 0. The number of phenolic OH excluding ortho intramolecular Hbond substituents is 1. The summed E-state index contributed by atoms with van der Waals surface area (Å²) in [6, 6.07) is 19.1. The lowest BCUT2D eigenvalue weighted by Crippen LogP contribution is -2.61. The maximum atomic E-state index is 14.3. The summed E-state index contributed by atoms with van der Waals surface area (Å²) in [5.74, 6) is 0.221. The van der Waals surface area contributed by atoms with Crippen LogP contribution in [0.3, 0.4) is 0 Å². The second-order valence-electron chi connectivity index (χ2n) is 18.0. The molecule has 0 aliphatic carbocycles. The Morgan fingerprint density at radius 1 is 0.984 bits per heavy atom. The minimum absolute atomic E-state index is 0.0897. The molecule has 4 aliphatic heterocycles. The lowest BCUT2D eigenvalue weighted by molar-refractivity contribution is -0.141. The molecule has 332 valence electrons. The summed E-state index contributed by atoms with van der Waals surface area (Å²) in [4.78, 5) is 42.6. The van der Waals surface area contributed by atoms with Crippen molar-refractivity contribution in [2.75, 3.05) is 62.6 Å². The molecule has 0 unspecified atom stereocenters. The molecule has 2 aromatic carbocycles. The lowest BCUT2D eigenvalue weighted by atomic mass is 9.91. The maximum absolute atomic E-state index is 14.3. The van der Waals surface area contributed by atoms with Crippen LogP contribution in [0, 0.1) is 12.8 Å². The number of aryl methyl sites for hydroxylation is 1. The van der Waals surface area contributed by atoms with Gasteiger partial charge in [0.1, 0.15) is 23.5 Å². The predicted octanol–water partition coefficient (Wildman–Crippen LogP) is 5.47. The molecule has 0 spiro atoms. The minimum atomic E-state index is -0.795. The predicted molar refractivity (Wildman–Crippen MR) is 243 cm³/mol. The molecule has 15 nitrogen and oxygen atoms in total. The number of piperidine rings is 1. The Balaban J connectivity index is 0.762. The quantitative estimate of drug-likeness (QED) is 0.124. The van der Waals surface area contributed by atoms with Crippen molar-refractivity contribution in [3.8, 4) is 27.4 Å². The van der Waals surface area contributed by atoms with Gasteiger partial charge in [0.05, 0.1) is 51.3 Å². The van der Waals surface area contributed by atoms with E-state index < -0.39 is 18.1 Å². The third kappa shape index (κ3) is 9.04. The van der Waals surface area contributed by atoms with Gasteiger partial charge < -0.3 is 40.1 Å². The van der Waals surface area contributed by atoms with E-state index in [9.17, 15) is 19.8 Å². The van der Waals surface area contributed by atoms with E-state index in [2.05, 4.69) is 45.7 Å². The summed E-state index contributed by atoms with van der Waals surface area (Å²) < 4.78 is 5.88. The smallest absolute Gasteiger partial charge is 0.243 e. The average Bonchev–Trinajstić information content (AvgIpc) is 4.05. The molecule has 0 bridgehead atoms. The molecule has 63 heavy (non-hydrogen) atoms. The Kier molecular flexibility index (Phi) is 12.5. The van der Waals surface area contributed by atoms with Gasteiger partial charge in [-0.2, -0.15) is 0 Å². The number of aliphatic hydroxyl groups is 1. The van der Waals surface area contributed by atoms with Crippen LogP contribution in [0.5, 0.6) is 5.75 Å². The van der Waals surface area contributed by atoms with Gasteiger partial charge >= 0.3 is 0 Å². The largest absolute Gasteiger partial charge is 0.507 e. The number of hydrogen-bond acceptors (Lipinski definition) is 14. The summed E-state index contributed by atoms with van der Waals surface area (Å²) in [6.45, 7) is 14.5. The Bertz CT molecular complexity index is 2400. The van der Waals surface area contributed by atoms with Crippen LogP contribution >= 0.6 is 11.3 Å². The molecule has 7 heterocycles. The van der Waals surface area contributed by atoms with Crippen LogP contribution in [-0.2, 0) is 16.0 Å². The van der Waals surface area contributed by atoms with E-state index in [1.165, 1.54) is 4.90 Å². The number of carbonyl (C=O) groups is 2. The van der Waals surface area contributed by atoms with Crippen LogP contribution in [-0.4, -0.2) is 134 Å². The van der Waals surface area contributed by atoms with Crippen LogP contribution in [0.25, 0.3) is 21.7 Å². The number of amides is 2. The van der Waals surface area contributed by atoms with Crippen LogP contribution in [0.2, 0.25) is 0 Å². The number of thiazole rings is 1. The maximum Gasteiger partial charge on any atom is 0.243 e. The molecule has 0 radical (unpaired) electrons. The molecule has 16 heteroatoms. The molecule has 4 N–H and O–H groups in total. The molecule has 9 rings (SSSR count). The summed E-state index contributed by atoms with van der Waals surface area (Å²) in [5, 5.41) is 41.1. The van der Waals surface area contributed by atoms with Crippen molar-refractivity contribution in [2.24, 2.45) is 5.92 Å². The first-order valence-electron chi connectivity index (χ1n) is 22.4. The average molecular weight is 875 g/mol. The number of aliphatic hydroxyl groups excluding tert-OH is 1. The van der Waals surface area contributed by atoms with Crippen molar-refractivity contribution in [3.63, 3.8) is 0 Å². The van der Waals surface area contributed by atoms with Crippen molar-refractivity contribution >= 4 is 34.7 Å². The number of nitrogens with zero attached hydrogens (tertiary/aromatic N) is 8. The van der Waals surface area contributed by atoms with Gasteiger partial charge in [-0.1, -0.05) is 55.4 Å². The molecule has 3 saturated heterocycles. The number of hydrogen-bond donors (Lipinski definition) is 4. The molecule has 3 aromatic heterocycles. The highest BCUT2D eigenvalue weighted by atomic mass is 32.1. The van der Waals surface area contributed by atoms with Gasteiger partial charge in [0.25, 0.3) is 0 Å². The van der Waals surface area contributed by atoms with Gasteiger partial charge in [-0.15, -0.1) is 21.5 Å². The third-order valence-electron chi connectivity index (χ3n) is 13.5. The molecular formula is C47H58N10O5S. The number of rotatable bonds is 12. The van der Waals surface area contributed by atoms with Crippen LogP contribution < -0.4 is 15.5 Å². The zero-order chi connectivity index (χ0) is 43.8. The zero-order valence-electron chi connectivity index (χ0n) is 36.5. The first kappa shape index (κ1) is 42.9. The van der Waals surface area contributed by atoms with Crippen LogP contribution in [0.15, 0.2) is 70.7 Å². The SMILES string of the molecule is Cc1ncsc1-c1ccc([C@H](C)NC(=O)[C@@H]2C[C@@H](O)CN2C(=O)[C@@H](c2cc(CCN3CCC(N4CCN5c6cc(-c7ccccc7O)nnc6NC[C@H]5C4)CC3)no2)C(C)C)cc1. The topological polar surface area (TPSA) is 176 Å². The highest BCUT2D eigenvalue weighted by Crippen LogP contribution is 2.37. The fraction of sp³-hybridized carbons (Fsp3) is 0.489. The third-order valence-corrected chi connectivity index (χ3v) is 14.5. The first-order chi connectivity index (χ1) is 30.5. The fourth-order valence-corrected chi connectivity index (χ4v) is 10.8. The number of likely N-dealkylation sites (tertiary alicyclic amines) is 2. The molecule has 0 saturated carbocycles. The van der Waals surface area contributed by atoms with Crippen molar-refractivity contribution in [1.29, 1.82) is 0 Å². The number of anilines is 2. The monoisotopic (exact) mass is 874 g/mol. The van der Waals surface area contributed by atoms with Gasteiger partial charge in [0.2, 0.25) is 11.8 Å². The van der Waals surface area contributed by atoms with Gasteiger partial charge in [0, 0.05) is 69.8 Å². The van der Waals surface area contributed by atoms with Gasteiger partial charge in [0.15, 0.2) is 5.82 Å². The number of phenols is 1. The number of aromatic nitrogens is 4. The van der Waals surface area contributed by atoms with E-state index in [1.54, 1.807) is 17.4 Å². The number of piperazine rings is 1. The zero-order valence-corrected chi connectivity index (χ0v) is 37.3. The van der Waals surface area contributed by atoms with E-state index in [1.807, 2.05) is 87.8 Å². The van der Waals surface area contributed by atoms with Gasteiger partial charge in [-0.3, -0.25) is 14.5 Å². The van der Waals surface area contributed by atoms with Crippen LogP contribution in [0.4, 0.5) is 11.5 Å². The Morgan fingerprint density at radius 2 is 1.78 bits per heavy atom. The van der Waals surface area contributed by atoms with Gasteiger partial charge in [-0.25, -0.2) is 4.98 Å². The summed E-state index contributed by atoms with van der Waals surface area (Å²) in [6.07, 6.45) is 2.29. The summed E-state index contributed by atoms with van der Waals surface area (Å²) >= 11 is 1.60. The summed E-state index contributed by atoms with van der Waals surface area (Å²) in [5.41, 5.74) is 8.06.